The molecule has 0 unspecified atom stereocenters. The molecule has 24 heavy (non-hydrogen) atoms. The second-order valence-electron chi connectivity index (χ2n) is 7.74. The number of fused-ring (bicyclic) bond motifs is 1. The first-order chi connectivity index (χ1) is 11.7. The lowest BCUT2D eigenvalue weighted by atomic mass is 9.82. The van der Waals surface area contributed by atoms with Gasteiger partial charge in [0.25, 0.3) is 0 Å². The van der Waals surface area contributed by atoms with E-state index in [1.54, 1.807) is 5.56 Å². The zero-order chi connectivity index (χ0) is 16.5. The maximum Gasteiger partial charge on any atom is 0.0289 e. The lowest BCUT2D eigenvalue weighted by molar-refractivity contribution is 0.442. The Bertz CT molecular complexity index is 722. The Labute approximate surface area is 162 Å². The Morgan fingerprint density at radius 3 is 1.96 bits per heavy atom. The molecule has 0 heterocycles. The van der Waals surface area contributed by atoms with Crippen LogP contribution in [-0.4, -0.2) is 0 Å². The lowest BCUT2D eigenvalue weighted by Gasteiger charge is -2.25. The van der Waals surface area contributed by atoms with Crippen LogP contribution in [0.5, 0.6) is 0 Å². The minimum Gasteiger partial charge on any atom is -0.0581 e. The molecule has 2 aromatic carbocycles. The average molecular weight is 450 g/mol. The highest BCUT2D eigenvalue weighted by molar-refractivity contribution is 9.11. The van der Waals surface area contributed by atoms with Crippen LogP contribution in [0.25, 0.3) is 10.8 Å². The Kier molecular flexibility index (Phi) is 5.34. The van der Waals surface area contributed by atoms with E-state index in [0.29, 0.717) is 0 Å². The molecular weight excluding hydrogens is 424 g/mol. The zero-order valence-corrected chi connectivity index (χ0v) is 17.5. The average Bonchev–Trinajstić information content (AvgIpc) is 2.66. The predicted octanol–water partition coefficient (Wildman–Crippen LogP) is 8.46. The molecule has 0 amide bonds. The van der Waals surface area contributed by atoms with Crippen molar-refractivity contribution >= 4 is 42.6 Å². The van der Waals surface area contributed by atoms with Crippen molar-refractivity contribution in [1.29, 1.82) is 0 Å². The second kappa shape index (κ2) is 7.50. The van der Waals surface area contributed by atoms with Gasteiger partial charge in [-0.1, -0.05) is 66.6 Å². The Hall–Kier alpha value is -0.340. The summed E-state index contributed by atoms with van der Waals surface area (Å²) in [4.78, 5) is 0. The quantitative estimate of drug-likeness (QED) is 0.431. The van der Waals surface area contributed by atoms with Gasteiger partial charge in [0.15, 0.2) is 0 Å². The first kappa shape index (κ1) is 17.1. The largest absolute Gasteiger partial charge is 0.0581 e. The smallest absolute Gasteiger partial charge is 0.0289 e. The molecule has 2 aliphatic carbocycles. The van der Waals surface area contributed by atoms with Crippen LogP contribution in [-0.2, 0) is 0 Å². The summed E-state index contributed by atoms with van der Waals surface area (Å²) in [5, 5.41) is 2.76. The number of hydrogen-bond donors (Lipinski definition) is 0. The van der Waals surface area contributed by atoms with Crippen molar-refractivity contribution in [3.63, 3.8) is 0 Å². The van der Waals surface area contributed by atoms with Crippen molar-refractivity contribution in [3.8, 4) is 0 Å². The van der Waals surface area contributed by atoms with Gasteiger partial charge in [-0.3, -0.25) is 0 Å². The molecule has 4 rings (SSSR count). The van der Waals surface area contributed by atoms with Gasteiger partial charge in [0.05, 0.1) is 0 Å². The van der Waals surface area contributed by atoms with Crippen molar-refractivity contribution in [2.24, 2.45) is 0 Å². The van der Waals surface area contributed by atoms with E-state index >= 15 is 0 Å². The Morgan fingerprint density at radius 1 is 0.667 bits per heavy atom. The monoisotopic (exact) mass is 448 g/mol. The van der Waals surface area contributed by atoms with Gasteiger partial charge in [0.2, 0.25) is 0 Å². The number of hydrogen-bond acceptors (Lipinski definition) is 0. The molecule has 2 heteroatoms. The molecule has 0 aromatic heterocycles. The van der Waals surface area contributed by atoms with E-state index in [2.05, 4.69) is 56.1 Å². The summed E-state index contributed by atoms with van der Waals surface area (Å²) in [6, 6.07) is 9.60. The van der Waals surface area contributed by atoms with Crippen LogP contribution in [0.15, 0.2) is 33.2 Å². The van der Waals surface area contributed by atoms with Crippen molar-refractivity contribution in [1.82, 2.24) is 0 Å². The number of halogens is 2. The molecule has 0 radical (unpaired) electrons. The molecule has 2 fully saturated rings. The minimum atomic E-state index is 0.729. The van der Waals surface area contributed by atoms with E-state index in [1.165, 1.54) is 89.5 Å². The summed E-state index contributed by atoms with van der Waals surface area (Å²) >= 11 is 7.84. The predicted molar refractivity (Wildman–Crippen MR) is 111 cm³/mol. The maximum atomic E-state index is 3.95. The van der Waals surface area contributed by atoms with Crippen LogP contribution in [0.4, 0.5) is 0 Å². The standard InChI is InChI=1S/C22H26Br2/c23-21-14-19(16-9-5-2-6-10-16)22(24)18-12-11-17(13-20(18)21)15-7-3-1-4-8-15/h11-16H,1-10H2. The summed E-state index contributed by atoms with van der Waals surface area (Å²) in [5.74, 6) is 1.50. The maximum absolute atomic E-state index is 3.95. The molecular formula is C22H26Br2. The second-order valence-corrected chi connectivity index (χ2v) is 9.38. The van der Waals surface area contributed by atoms with Crippen LogP contribution >= 0.6 is 31.9 Å². The van der Waals surface area contributed by atoms with Gasteiger partial charge in [0.1, 0.15) is 0 Å². The fourth-order valence-corrected chi connectivity index (χ4v) is 6.14. The van der Waals surface area contributed by atoms with Gasteiger partial charge in [-0.25, -0.2) is 0 Å². The summed E-state index contributed by atoms with van der Waals surface area (Å²) in [6.45, 7) is 0. The molecule has 0 saturated heterocycles. The van der Waals surface area contributed by atoms with Crippen LogP contribution in [0.3, 0.4) is 0 Å². The zero-order valence-electron chi connectivity index (χ0n) is 14.3. The molecule has 2 aromatic rings. The van der Waals surface area contributed by atoms with Gasteiger partial charge >= 0.3 is 0 Å². The van der Waals surface area contributed by atoms with Crippen molar-refractivity contribution in [3.05, 3.63) is 44.3 Å². The molecule has 0 spiro atoms. The SMILES string of the molecule is Brc1cc(C2CCCCC2)c(Br)c2ccc(C3CCCCC3)cc12. The summed E-state index contributed by atoms with van der Waals surface area (Å²) in [5.41, 5.74) is 3.06. The van der Waals surface area contributed by atoms with Crippen molar-refractivity contribution in [2.45, 2.75) is 76.0 Å². The van der Waals surface area contributed by atoms with E-state index in [0.717, 1.165) is 11.8 Å². The molecule has 0 atom stereocenters. The number of benzene rings is 2. The normalized spacial score (nSPS) is 20.6. The fraction of sp³-hybridized carbons (Fsp3) is 0.545. The fourth-order valence-electron chi connectivity index (χ4n) is 4.78. The molecule has 0 nitrogen and oxygen atoms in total. The lowest BCUT2D eigenvalue weighted by Crippen LogP contribution is -2.06. The third-order valence-corrected chi connectivity index (χ3v) is 7.74. The van der Waals surface area contributed by atoms with Crippen LogP contribution < -0.4 is 0 Å². The van der Waals surface area contributed by atoms with E-state index in [4.69, 9.17) is 0 Å². The van der Waals surface area contributed by atoms with E-state index < -0.39 is 0 Å². The highest BCUT2D eigenvalue weighted by Gasteiger charge is 2.21. The van der Waals surface area contributed by atoms with Crippen molar-refractivity contribution < 1.29 is 0 Å². The van der Waals surface area contributed by atoms with Gasteiger partial charge in [0, 0.05) is 8.95 Å². The third-order valence-electron chi connectivity index (χ3n) is 6.19. The van der Waals surface area contributed by atoms with Gasteiger partial charge in [-0.15, -0.1) is 0 Å². The third kappa shape index (κ3) is 3.33. The molecule has 0 bridgehead atoms. The van der Waals surface area contributed by atoms with Gasteiger partial charge in [-0.05, 0) is 87.5 Å². The van der Waals surface area contributed by atoms with E-state index in [9.17, 15) is 0 Å². The van der Waals surface area contributed by atoms with Crippen LogP contribution in [0.1, 0.15) is 87.2 Å². The van der Waals surface area contributed by atoms with Crippen molar-refractivity contribution in [2.75, 3.05) is 0 Å². The molecule has 2 aliphatic rings. The Balaban J connectivity index is 1.74. The van der Waals surface area contributed by atoms with Crippen LogP contribution in [0, 0.1) is 0 Å². The van der Waals surface area contributed by atoms with Gasteiger partial charge in [-0.2, -0.15) is 0 Å². The summed E-state index contributed by atoms with van der Waals surface area (Å²) in [7, 11) is 0. The topological polar surface area (TPSA) is 0 Å². The minimum absolute atomic E-state index is 0.729. The summed E-state index contributed by atoms with van der Waals surface area (Å²) < 4.78 is 2.61. The molecule has 128 valence electrons. The first-order valence-corrected chi connectivity index (χ1v) is 11.2. The van der Waals surface area contributed by atoms with Crippen LogP contribution in [0.2, 0.25) is 0 Å². The molecule has 0 N–H and O–H groups in total. The number of rotatable bonds is 2. The Morgan fingerprint density at radius 2 is 1.29 bits per heavy atom. The van der Waals surface area contributed by atoms with E-state index in [-0.39, 0.29) is 0 Å². The highest BCUT2D eigenvalue weighted by atomic mass is 79.9. The summed E-state index contributed by atoms with van der Waals surface area (Å²) in [6.07, 6.45) is 13.8. The highest BCUT2D eigenvalue weighted by Crippen LogP contribution is 2.43. The van der Waals surface area contributed by atoms with E-state index in [1.807, 2.05) is 0 Å². The van der Waals surface area contributed by atoms with Gasteiger partial charge < -0.3 is 0 Å². The molecule has 0 aliphatic heterocycles. The first-order valence-electron chi connectivity index (χ1n) is 9.65. The molecule has 2 saturated carbocycles.